The molecule has 1 aromatic rings. The maximum absolute atomic E-state index is 10.4. The second kappa shape index (κ2) is 15.9. The maximum Gasteiger partial charge on any atom is 0.191 e. The monoisotopic (exact) mass is 493 g/mol. The number of aliphatic hydroxyl groups is 1. The zero-order valence-corrected chi connectivity index (χ0v) is 19.4. The van der Waals surface area contributed by atoms with Crippen molar-refractivity contribution in [3.63, 3.8) is 0 Å². The summed E-state index contributed by atoms with van der Waals surface area (Å²) in [6, 6.07) is 7.53. The third-order valence-corrected chi connectivity index (χ3v) is 3.72. The standard InChI is InChI=1S/C20H35N3O3.HI/c1-5-21-20(22-13-7-6-8-14-25-4)23-15-19(24)17-9-11-18(12-10-17)26-16(2)3;/h9-12,16,19,24H,5-8,13-15H2,1-4H3,(H2,21,22,23);1H. The van der Waals surface area contributed by atoms with Crippen LogP contribution in [0.2, 0.25) is 0 Å². The minimum atomic E-state index is -0.639. The predicted molar refractivity (Wildman–Crippen MR) is 122 cm³/mol. The van der Waals surface area contributed by atoms with Gasteiger partial charge in [-0.05, 0) is 57.7 Å². The van der Waals surface area contributed by atoms with Crippen LogP contribution in [-0.4, -0.2) is 50.5 Å². The summed E-state index contributed by atoms with van der Waals surface area (Å²) in [5, 5.41) is 16.9. The Bertz CT molecular complexity index is 510. The number of aliphatic imine (C=N–C) groups is 1. The number of methoxy groups -OCH3 is 1. The smallest absolute Gasteiger partial charge is 0.191 e. The van der Waals surface area contributed by atoms with E-state index in [9.17, 15) is 5.11 Å². The molecule has 0 aromatic heterocycles. The van der Waals surface area contributed by atoms with E-state index in [1.165, 1.54) is 0 Å². The molecule has 0 saturated heterocycles. The Labute approximate surface area is 181 Å². The molecule has 1 atom stereocenters. The molecule has 0 saturated carbocycles. The number of hydrogen-bond acceptors (Lipinski definition) is 4. The SMILES string of the molecule is CCNC(=NCC(O)c1ccc(OC(C)C)cc1)NCCCCCOC.I. The molecule has 0 heterocycles. The van der Waals surface area contributed by atoms with Crippen LogP contribution in [-0.2, 0) is 4.74 Å². The lowest BCUT2D eigenvalue weighted by atomic mass is 10.1. The molecule has 27 heavy (non-hydrogen) atoms. The van der Waals surface area contributed by atoms with Gasteiger partial charge in [-0.3, -0.25) is 4.99 Å². The predicted octanol–water partition coefficient (Wildman–Crippen LogP) is 3.50. The first-order valence-corrected chi connectivity index (χ1v) is 9.52. The molecule has 156 valence electrons. The van der Waals surface area contributed by atoms with Gasteiger partial charge >= 0.3 is 0 Å². The number of unbranched alkanes of at least 4 members (excludes halogenated alkanes) is 2. The third kappa shape index (κ3) is 12.1. The number of rotatable bonds is 12. The van der Waals surface area contributed by atoms with Crippen molar-refractivity contribution >= 4 is 29.9 Å². The summed E-state index contributed by atoms with van der Waals surface area (Å²) >= 11 is 0. The molecule has 6 nitrogen and oxygen atoms in total. The number of aliphatic hydroxyl groups excluding tert-OH is 1. The van der Waals surface area contributed by atoms with Crippen LogP contribution in [0.4, 0.5) is 0 Å². The van der Waals surface area contributed by atoms with E-state index >= 15 is 0 Å². The van der Waals surface area contributed by atoms with E-state index in [4.69, 9.17) is 9.47 Å². The first kappa shape index (κ1) is 25.9. The van der Waals surface area contributed by atoms with Gasteiger partial charge in [0.2, 0.25) is 0 Å². The second-order valence-corrected chi connectivity index (χ2v) is 6.45. The molecule has 0 spiro atoms. The van der Waals surface area contributed by atoms with Crippen LogP contribution >= 0.6 is 24.0 Å². The summed E-state index contributed by atoms with van der Waals surface area (Å²) in [5.74, 6) is 1.54. The molecular weight excluding hydrogens is 457 g/mol. The van der Waals surface area contributed by atoms with Gasteiger partial charge in [-0.1, -0.05) is 12.1 Å². The average molecular weight is 493 g/mol. The number of guanidine groups is 1. The lowest BCUT2D eigenvalue weighted by molar-refractivity contribution is 0.186. The van der Waals surface area contributed by atoms with Crippen molar-refractivity contribution in [3.05, 3.63) is 29.8 Å². The second-order valence-electron chi connectivity index (χ2n) is 6.45. The fraction of sp³-hybridized carbons (Fsp3) is 0.650. The molecule has 1 unspecified atom stereocenters. The summed E-state index contributed by atoms with van der Waals surface area (Å²) in [6.07, 6.45) is 2.75. The zero-order valence-electron chi connectivity index (χ0n) is 17.0. The van der Waals surface area contributed by atoms with E-state index in [1.807, 2.05) is 45.0 Å². The van der Waals surface area contributed by atoms with Crippen LogP contribution in [0, 0.1) is 0 Å². The van der Waals surface area contributed by atoms with Crippen molar-refractivity contribution < 1.29 is 14.6 Å². The molecule has 0 bridgehead atoms. The Morgan fingerprint density at radius 3 is 2.41 bits per heavy atom. The zero-order chi connectivity index (χ0) is 19.2. The molecule has 3 N–H and O–H groups in total. The van der Waals surface area contributed by atoms with E-state index < -0.39 is 6.10 Å². The van der Waals surface area contributed by atoms with Gasteiger partial charge in [0, 0.05) is 26.8 Å². The molecular formula is C20H36IN3O3. The van der Waals surface area contributed by atoms with Gasteiger partial charge in [0.1, 0.15) is 5.75 Å². The van der Waals surface area contributed by atoms with Gasteiger partial charge in [-0.2, -0.15) is 0 Å². The topological polar surface area (TPSA) is 75.1 Å². The van der Waals surface area contributed by atoms with Gasteiger partial charge in [-0.15, -0.1) is 24.0 Å². The summed E-state index contributed by atoms with van der Waals surface area (Å²) in [5.41, 5.74) is 0.834. The third-order valence-electron chi connectivity index (χ3n) is 3.72. The van der Waals surface area contributed by atoms with Crippen LogP contribution in [0.15, 0.2) is 29.3 Å². The van der Waals surface area contributed by atoms with Crippen molar-refractivity contribution in [3.8, 4) is 5.75 Å². The number of hydrogen-bond donors (Lipinski definition) is 3. The Hall–Kier alpha value is -1.06. The van der Waals surface area contributed by atoms with Gasteiger partial charge in [0.25, 0.3) is 0 Å². The first-order valence-electron chi connectivity index (χ1n) is 9.52. The molecule has 0 aliphatic rings. The van der Waals surface area contributed by atoms with Crippen LogP contribution in [0.5, 0.6) is 5.75 Å². The number of nitrogens with zero attached hydrogens (tertiary/aromatic N) is 1. The van der Waals surface area contributed by atoms with E-state index in [0.29, 0.717) is 6.54 Å². The van der Waals surface area contributed by atoms with E-state index in [0.717, 1.165) is 56.2 Å². The lowest BCUT2D eigenvalue weighted by Gasteiger charge is -2.14. The fourth-order valence-electron chi connectivity index (χ4n) is 2.42. The van der Waals surface area contributed by atoms with Gasteiger partial charge in [-0.25, -0.2) is 0 Å². The molecule has 1 rings (SSSR count). The van der Waals surface area contributed by atoms with Crippen LogP contribution in [0.25, 0.3) is 0 Å². The van der Waals surface area contributed by atoms with Crippen molar-refractivity contribution in [2.75, 3.05) is 33.4 Å². The highest BCUT2D eigenvalue weighted by molar-refractivity contribution is 14.0. The highest BCUT2D eigenvalue weighted by Gasteiger charge is 2.08. The van der Waals surface area contributed by atoms with Crippen molar-refractivity contribution in [1.29, 1.82) is 0 Å². The fourth-order valence-corrected chi connectivity index (χ4v) is 2.42. The highest BCUT2D eigenvalue weighted by Crippen LogP contribution is 2.19. The molecule has 0 aliphatic carbocycles. The van der Waals surface area contributed by atoms with Crippen molar-refractivity contribution in [2.24, 2.45) is 4.99 Å². The van der Waals surface area contributed by atoms with Crippen LogP contribution < -0.4 is 15.4 Å². The van der Waals surface area contributed by atoms with Crippen molar-refractivity contribution in [2.45, 2.75) is 52.2 Å². The lowest BCUT2D eigenvalue weighted by Crippen LogP contribution is -2.38. The van der Waals surface area contributed by atoms with Crippen molar-refractivity contribution in [1.82, 2.24) is 10.6 Å². The number of nitrogens with one attached hydrogen (secondary N) is 2. The minimum absolute atomic E-state index is 0. The normalized spacial score (nSPS) is 12.4. The number of halogens is 1. The van der Waals surface area contributed by atoms with Crippen LogP contribution in [0.3, 0.4) is 0 Å². The number of benzene rings is 1. The molecule has 0 aliphatic heterocycles. The minimum Gasteiger partial charge on any atom is -0.491 e. The maximum atomic E-state index is 10.4. The summed E-state index contributed by atoms with van der Waals surface area (Å²) < 4.78 is 10.7. The number of ether oxygens (including phenoxy) is 2. The average Bonchev–Trinajstić information content (AvgIpc) is 2.62. The van der Waals surface area contributed by atoms with Crippen LogP contribution in [0.1, 0.15) is 51.7 Å². The molecule has 1 aromatic carbocycles. The molecule has 0 amide bonds. The Kier molecular flexibility index (Phi) is 15.3. The molecule has 7 heteroatoms. The first-order chi connectivity index (χ1) is 12.6. The molecule has 0 radical (unpaired) electrons. The van der Waals surface area contributed by atoms with E-state index in [2.05, 4.69) is 15.6 Å². The summed E-state index contributed by atoms with van der Waals surface area (Å²) in [4.78, 5) is 4.48. The Morgan fingerprint density at radius 1 is 1.11 bits per heavy atom. The highest BCUT2D eigenvalue weighted by atomic mass is 127. The van der Waals surface area contributed by atoms with E-state index in [-0.39, 0.29) is 30.1 Å². The van der Waals surface area contributed by atoms with E-state index in [1.54, 1.807) is 7.11 Å². The summed E-state index contributed by atoms with van der Waals surface area (Å²) in [6.45, 7) is 8.76. The quantitative estimate of drug-likeness (QED) is 0.180. The largest absolute Gasteiger partial charge is 0.491 e. The summed E-state index contributed by atoms with van der Waals surface area (Å²) in [7, 11) is 1.73. The van der Waals surface area contributed by atoms with Gasteiger partial charge in [0.05, 0.1) is 18.8 Å². The Balaban J connectivity index is 0.00000676. The molecule has 0 fully saturated rings. The van der Waals surface area contributed by atoms with Gasteiger partial charge < -0.3 is 25.2 Å². The van der Waals surface area contributed by atoms with Gasteiger partial charge in [0.15, 0.2) is 5.96 Å². The Morgan fingerprint density at radius 2 is 1.81 bits per heavy atom.